The quantitative estimate of drug-likeness (QED) is 0.791. The monoisotopic (exact) mass is 243 g/mol. The van der Waals surface area contributed by atoms with Gasteiger partial charge >= 0.3 is 5.97 Å². The summed E-state index contributed by atoms with van der Waals surface area (Å²) in [6.45, 7) is 1.65. The van der Waals surface area contributed by atoms with Crippen LogP contribution in [0.1, 0.15) is 15.9 Å². The highest BCUT2D eigenvalue weighted by atomic mass is 32.2. The summed E-state index contributed by atoms with van der Waals surface area (Å²) in [5.74, 6) is -0.542. The molecule has 0 bridgehead atoms. The minimum atomic E-state index is -3.25. The van der Waals surface area contributed by atoms with Gasteiger partial charge in [0.25, 0.3) is 0 Å². The lowest BCUT2D eigenvalue weighted by Crippen LogP contribution is -2.16. The van der Waals surface area contributed by atoms with Crippen molar-refractivity contribution >= 4 is 15.8 Å². The van der Waals surface area contributed by atoms with Crippen LogP contribution in [0.15, 0.2) is 23.1 Å². The number of aryl methyl sites for hydroxylation is 1. The average molecular weight is 243 g/mol. The molecule has 0 aliphatic carbocycles. The topological polar surface area (TPSA) is 72.5 Å². The van der Waals surface area contributed by atoms with Crippen molar-refractivity contribution in [3.8, 4) is 0 Å². The van der Waals surface area contributed by atoms with Gasteiger partial charge in [-0.05, 0) is 30.7 Å². The SMILES string of the molecule is CNOC(=O)c1ccc(S(C)(=O)=O)cc1C. The molecule has 16 heavy (non-hydrogen) atoms. The second kappa shape index (κ2) is 4.63. The Kier molecular flexibility index (Phi) is 3.66. The van der Waals surface area contributed by atoms with E-state index in [4.69, 9.17) is 0 Å². The summed E-state index contributed by atoms with van der Waals surface area (Å²) < 4.78 is 22.5. The Bertz CT molecular complexity index is 508. The Morgan fingerprint density at radius 1 is 1.38 bits per heavy atom. The molecule has 1 aromatic carbocycles. The highest BCUT2D eigenvalue weighted by Crippen LogP contribution is 2.15. The zero-order chi connectivity index (χ0) is 12.3. The van der Waals surface area contributed by atoms with E-state index in [0.717, 1.165) is 6.26 Å². The van der Waals surface area contributed by atoms with Gasteiger partial charge in [0.1, 0.15) is 0 Å². The van der Waals surface area contributed by atoms with Crippen molar-refractivity contribution in [3.05, 3.63) is 29.3 Å². The lowest BCUT2D eigenvalue weighted by atomic mass is 10.1. The van der Waals surface area contributed by atoms with Gasteiger partial charge in [-0.25, -0.2) is 13.2 Å². The minimum absolute atomic E-state index is 0.186. The number of rotatable bonds is 3. The number of hydrogen-bond acceptors (Lipinski definition) is 5. The molecule has 1 aromatic rings. The second-order valence-electron chi connectivity index (χ2n) is 3.34. The molecule has 0 atom stereocenters. The number of hydroxylamine groups is 1. The Balaban J connectivity index is 3.15. The summed E-state index contributed by atoms with van der Waals surface area (Å²) >= 11 is 0. The van der Waals surface area contributed by atoms with Crippen molar-refractivity contribution in [1.82, 2.24) is 5.48 Å². The molecule has 1 N–H and O–H groups in total. The van der Waals surface area contributed by atoms with E-state index >= 15 is 0 Å². The highest BCUT2D eigenvalue weighted by molar-refractivity contribution is 7.90. The van der Waals surface area contributed by atoms with Crippen LogP contribution in [-0.2, 0) is 14.7 Å². The van der Waals surface area contributed by atoms with Crippen LogP contribution < -0.4 is 5.48 Å². The summed E-state index contributed by atoms with van der Waals surface area (Å²) in [4.78, 5) is 16.2. The largest absolute Gasteiger partial charge is 0.367 e. The summed E-state index contributed by atoms with van der Waals surface area (Å²) in [6.07, 6.45) is 1.12. The third-order valence-corrected chi connectivity index (χ3v) is 3.15. The first kappa shape index (κ1) is 12.7. The summed E-state index contributed by atoms with van der Waals surface area (Å²) in [5.41, 5.74) is 3.16. The predicted molar refractivity (Wildman–Crippen MR) is 58.8 cm³/mol. The number of hydrogen-bond donors (Lipinski definition) is 1. The van der Waals surface area contributed by atoms with Gasteiger partial charge in [0, 0.05) is 13.3 Å². The van der Waals surface area contributed by atoms with Crippen LogP contribution in [0.3, 0.4) is 0 Å². The van der Waals surface area contributed by atoms with E-state index in [2.05, 4.69) is 10.3 Å². The first-order valence-electron chi connectivity index (χ1n) is 4.55. The number of carbonyl (C=O) groups is 1. The van der Waals surface area contributed by atoms with E-state index in [1.165, 1.54) is 25.2 Å². The van der Waals surface area contributed by atoms with Crippen molar-refractivity contribution in [3.63, 3.8) is 0 Å². The van der Waals surface area contributed by atoms with Crippen molar-refractivity contribution in [2.45, 2.75) is 11.8 Å². The van der Waals surface area contributed by atoms with Crippen molar-refractivity contribution < 1.29 is 18.0 Å². The first-order valence-corrected chi connectivity index (χ1v) is 6.44. The molecule has 0 saturated carbocycles. The summed E-state index contributed by atoms with van der Waals surface area (Å²) in [6, 6.07) is 4.27. The Hall–Kier alpha value is -1.40. The first-order chi connectivity index (χ1) is 7.36. The molecule has 88 valence electrons. The maximum absolute atomic E-state index is 11.4. The smallest absolute Gasteiger partial charge is 0.357 e. The fraction of sp³-hybridized carbons (Fsp3) is 0.300. The zero-order valence-electron chi connectivity index (χ0n) is 9.27. The number of sulfone groups is 1. The number of nitrogens with one attached hydrogen (secondary N) is 1. The molecule has 0 aliphatic rings. The molecule has 0 amide bonds. The molecule has 0 spiro atoms. The molecule has 0 saturated heterocycles. The number of benzene rings is 1. The molecule has 0 aromatic heterocycles. The normalized spacial score (nSPS) is 11.2. The summed E-state index contributed by atoms with van der Waals surface area (Å²) in [5, 5.41) is 0. The van der Waals surface area contributed by atoms with Crippen LogP contribution in [0.4, 0.5) is 0 Å². The highest BCUT2D eigenvalue weighted by Gasteiger charge is 2.14. The lowest BCUT2D eigenvalue weighted by molar-refractivity contribution is 0.0309. The third kappa shape index (κ3) is 2.80. The zero-order valence-corrected chi connectivity index (χ0v) is 10.1. The fourth-order valence-electron chi connectivity index (χ4n) is 1.24. The van der Waals surface area contributed by atoms with Crippen LogP contribution in [0, 0.1) is 6.92 Å². The van der Waals surface area contributed by atoms with Crippen LogP contribution in [0.25, 0.3) is 0 Å². The van der Waals surface area contributed by atoms with Crippen LogP contribution in [0.5, 0.6) is 0 Å². The van der Waals surface area contributed by atoms with Crippen molar-refractivity contribution in [2.24, 2.45) is 0 Å². The van der Waals surface area contributed by atoms with Crippen LogP contribution in [-0.4, -0.2) is 27.7 Å². The van der Waals surface area contributed by atoms with Gasteiger partial charge in [-0.15, -0.1) is 0 Å². The van der Waals surface area contributed by atoms with E-state index in [1.807, 2.05) is 0 Å². The number of carbonyl (C=O) groups excluding carboxylic acids is 1. The Morgan fingerprint density at radius 3 is 2.44 bits per heavy atom. The van der Waals surface area contributed by atoms with Crippen molar-refractivity contribution in [1.29, 1.82) is 0 Å². The van der Waals surface area contributed by atoms with E-state index < -0.39 is 15.8 Å². The minimum Gasteiger partial charge on any atom is -0.367 e. The molecular weight excluding hydrogens is 230 g/mol. The van der Waals surface area contributed by atoms with Gasteiger partial charge in [0.05, 0.1) is 10.5 Å². The van der Waals surface area contributed by atoms with Gasteiger partial charge in [0.2, 0.25) is 0 Å². The molecular formula is C10H13NO4S. The molecule has 1 rings (SSSR count). The standard InChI is InChI=1S/C10H13NO4S/c1-7-6-8(16(3,13)14)4-5-9(7)10(12)15-11-2/h4-6,11H,1-3H3. The Labute approximate surface area is 94.3 Å². The van der Waals surface area contributed by atoms with E-state index in [0.29, 0.717) is 11.1 Å². The maximum atomic E-state index is 11.4. The second-order valence-corrected chi connectivity index (χ2v) is 5.36. The average Bonchev–Trinajstić information content (AvgIpc) is 2.16. The van der Waals surface area contributed by atoms with E-state index in [-0.39, 0.29) is 4.90 Å². The van der Waals surface area contributed by atoms with Gasteiger partial charge in [0.15, 0.2) is 9.84 Å². The van der Waals surface area contributed by atoms with Crippen LogP contribution >= 0.6 is 0 Å². The molecule has 0 radical (unpaired) electrons. The predicted octanol–water partition coefficient (Wildman–Crippen LogP) is 0.690. The third-order valence-electron chi connectivity index (χ3n) is 2.04. The molecule has 0 heterocycles. The van der Waals surface area contributed by atoms with Gasteiger partial charge in [-0.2, -0.15) is 5.48 Å². The van der Waals surface area contributed by atoms with Gasteiger partial charge in [-0.3, -0.25) is 0 Å². The Morgan fingerprint density at radius 2 is 2.00 bits per heavy atom. The van der Waals surface area contributed by atoms with Gasteiger partial charge in [-0.1, -0.05) is 0 Å². The maximum Gasteiger partial charge on any atom is 0.357 e. The van der Waals surface area contributed by atoms with Gasteiger partial charge < -0.3 is 4.84 Å². The molecule has 5 nitrogen and oxygen atoms in total. The van der Waals surface area contributed by atoms with E-state index in [1.54, 1.807) is 6.92 Å². The molecule has 0 fully saturated rings. The fourth-order valence-corrected chi connectivity index (χ4v) is 1.95. The molecule has 0 aliphatic heterocycles. The molecule has 0 unspecified atom stereocenters. The van der Waals surface area contributed by atoms with E-state index in [9.17, 15) is 13.2 Å². The lowest BCUT2D eigenvalue weighted by Gasteiger charge is -2.06. The molecule has 6 heteroatoms. The van der Waals surface area contributed by atoms with Crippen molar-refractivity contribution in [2.75, 3.05) is 13.3 Å². The summed E-state index contributed by atoms with van der Waals surface area (Å²) in [7, 11) is -1.78. The van der Waals surface area contributed by atoms with Crippen LogP contribution in [0.2, 0.25) is 0 Å².